The summed E-state index contributed by atoms with van der Waals surface area (Å²) in [5.74, 6) is 0.00212. The van der Waals surface area contributed by atoms with Gasteiger partial charge in [0.2, 0.25) is 5.91 Å². The van der Waals surface area contributed by atoms with Gasteiger partial charge in [-0.2, -0.15) is 0 Å². The van der Waals surface area contributed by atoms with Crippen molar-refractivity contribution in [3.05, 3.63) is 22.7 Å². The van der Waals surface area contributed by atoms with Crippen LogP contribution in [-0.4, -0.2) is 23.5 Å². The van der Waals surface area contributed by atoms with Gasteiger partial charge in [0.25, 0.3) is 0 Å². The first kappa shape index (κ1) is 14.3. The highest BCUT2D eigenvalue weighted by Crippen LogP contribution is 2.28. The standard InChI is InChI=1S/C13H16BrN3OS/c1-3-6-15-12(18)8(2)16-13-17-10-5-4-9(14)7-11(10)19-13/h4-5,7-8H,3,6H2,1-2H3,(H,15,18)(H,16,17). The highest BCUT2D eigenvalue weighted by molar-refractivity contribution is 9.10. The largest absolute Gasteiger partial charge is 0.354 e. The van der Waals surface area contributed by atoms with E-state index in [2.05, 4.69) is 31.5 Å². The number of carbonyl (C=O) groups excluding carboxylic acids is 1. The minimum absolute atomic E-state index is 0.00212. The quantitative estimate of drug-likeness (QED) is 0.876. The maximum atomic E-state index is 11.8. The van der Waals surface area contributed by atoms with Crippen LogP contribution in [0.3, 0.4) is 0 Å². The van der Waals surface area contributed by atoms with Gasteiger partial charge in [-0.25, -0.2) is 4.98 Å². The van der Waals surface area contributed by atoms with Gasteiger partial charge in [0, 0.05) is 11.0 Å². The number of nitrogens with zero attached hydrogens (tertiary/aromatic N) is 1. The molecular formula is C13H16BrN3OS. The molecule has 0 aliphatic carbocycles. The summed E-state index contributed by atoms with van der Waals surface area (Å²) in [6.45, 7) is 4.58. The molecule has 19 heavy (non-hydrogen) atoms. The van der Waals surface area contributed by atoms with Gasteiger partial charge in [-0.15, -0.1) is 0 Å². The van der Waals surface area contributed by atoms with Crippen molar-refractivity contribution in [3.8, 4) is 0 Å². The summed E-state index contributed by atoms with van der Waals surface area (Å²) < 4.78 is 2.13. The van der Waals surface area contributed by atoms with Gasteiger partial charge < -0.3 is 10.6 Å². The van der Waals surface area contributed by atoms with E-state index in [0.29, 0.717) is 6.54 Å². The van der Waals surface area contributed by atoms with Crippen molar-refractivity contribution in [3.63, 3.8) is 0 Å². The number of thiazole rings is 1. The summed E-state index contributed by atoms with van der Waals surface area (Å²) in [7, 11) is 0. The van der Waals surface area contributed by atoms with Crippen molar-refractivity contribution in [2.45, 2.75) is 26.3 Å². The molecule has 2 aromatic rings. The molecule has 0 fully saturated rings. The van der Waals surface area contributed by atoms with Gasteiger partial charge in [0.05, 0.1) is 10.2 Å². The van der Waals surface area contributed by atoms with Crippen molar-refractivity contribution < 1.29 is 4.79 Å². The molecule has 0 aliphatic rings. The van der Waals surface area contributed by atoms with Crippen LogP contribution >= 0.6 is 27.3 Å². The molecule has 0 aliphatic heterocycles. The first-order valence-electron chi connectivity index (χ1n) is 6.20. The van der Waals surface area contributed by atoms with E-state index in [-0.39, 0.29) is 11.9 Å². The maximum absolute atomic E-state index is 11.8. The Hall–Kier alpha value is -1.14. The molecule has 4 nitrogen and oxygen atoms in total. The predicted octanol–water partition coefficient (Wildman–Crippen LogP) is 3.39. The van der Waals surface area contributed by atoms with Crippen LogP contribution in [0.2, 0.25) is 0 Å². The van der Waals surface area contributed by atoms with Gasteiger partial charge >= 0.3 is 0 Å². The fraction of sp³-hybridized carbons (Fsp3) is 0.385. The summed E-state index contributed by atoms with van der Waals surface area (Å²) in [4.78, 5) is 16.2. The number of halogens is 1. The number of benzene rings is 1. The van der Waals surface area contributed by atoms with Crippen molar-refractivity contribution in [2.75, 3.05) is 11.9 Å². The first-order chi connectivity index (χ1) is 9.10. The van der Waals surface area contributed by atoms with Gasteiger partial charge in [-0.1, -0.05) is 34.2 Å². The van der Waals surface area contributed by atoms with Crippen LogP contribution < -0.4 is 10.6 Å². The lowest BCUT2D eigenvalue weighted by Gasteiger charge is -2.12. The average Bonchev–Trinajstić information content (AvgIpc) is 2.77. The molecule has 1 aromatic heterocycles. The summed E-state index contributed by atoms with van der Waals surface area (Å²) >= 11 is 4.99. The first-order valence-corrected chi connectivity index (χ1v) is 7.81. The number of rotatable bonds is 5. The number of anilines is 1. The molecule has 0 bridgehead atoms. The predicted molar refractivity (Wildman–Crippen MR) is 83.7 cm³/mol. The Morgan fingerprint density at radius 1 is 1.53 bits per heavy atom. The zero-order valence-electron chi connectivity index (χ0n) is 10.9. The Labute approximate surface area is 124 Å². The Morgan fingerprint density at radius 3 is 3.05 bits per heavy atom. The van der Waals surface area contributed by atoms with Crippen molar-refractivity contribution in [1.82, 2.24) is 10.3 Å². The van der Waals surface area contributed by atoms with E-state index in [9.17, 15) is 4.79 Å². The van der Waals surface area contributed by atoms with Crippen LogP contribution in [0, 0.1) is 0 Å². The van der Waals surface area contributed by atoms with Crippen LogP contribution in [-0.2, 0) is 4.79 Å². The second-order valence-corrected chi connectivity index (χ2v) is 6.23. The van der Waals surface area contributed by atoms with Crippen LogP contribution in [0.5, 0.6) is 0 Å². The second-order valence-electron chi connectivity index (χ2n) is 4.29. The smallest absolute Gasteiger partial charge is 0.242 e. The maximum Gasteiger partial charge on any atom is 0.242 e. The molecule has 2 rings (SSSR count). The number of hydrogen-bond donors (Lipinski definition) is 2. The molecule has 1 amide bonds. The van der Waals surface area contributed by atoms with E-state index < -0.39 is 0 Å². The molecule has 102 valence electrons. The van der Waals surface area contributed by atoms with Crippen LogP contribution in [0.4, 0.5) is 5.13 Å². The molecule has 6 heteroatoms. The lowest BCUT2D eigenvalue weighted by molar-refractivity contribution is -0.121. The average molecular weight is 342 g/mol. The minimum Gasteiger partial charge on any atom is -0.354 e. The van der Waals surface area contributed by atoms with E-state index in [1.54, 1.807) is 11.3 Å². The van der Waals surface area contributed by atoms with Crippen LogP contribution in [0.1, 0.15) is 20.3 Å². The van der Waals surface area contributed by atoms with E-state index >= 15 is 0 Å². The summed E-state index contributed by atoms with van der Waals surface area (Å²) in [6, 6.07) is 5.67. The number of nitrogens with one attached hydrogen (secondary N) is 2. The number of amides is 1. The van der Waals surface area contributed by atoms with E-state index in [1.807, 2.05) is 32.0 Å². The molecule has 0 radical (unpaired) electrons. The topological polar surface area (TPSA) is 54.0 Å². The SMILES string of the molecule is CCCNC(=O)C(C)Nc1nc2ccc(Br)cc2s1. The number of carbonyl (C=O) groups is 1. The van der Waals surface area contributed by atoms with Crippen LogP contribution in [0.15, 0.2) is 22.7 Å². The van der Waals surface area contributed by atoms with Gasteiger partial charge in [-0.3, -0.25) is 4.79 Å². The summed E-state index contributed by atoms with van der Waals surface area (Å²) in [5, 5.41) is 6.77. The Kier molecular flexibility index (Phi) is 4.76. The van der Waals surface area contributed by atoms with E-state index in [1.165, 1.54) is 0 Å². The van der Waals surface area contributed by atoms with Gasteiger partial charge in [0.15, 0.2) is 5.13 Å². The number of fused-ring (bicyclic) bond motifs is 1. The lowest BCUT2D eigenvalue weighted by Crippen LogP contribution is -2.37. The number of hydrogen-bond acceptors (Lipinski definition) is 4. The van der Waals surface area contributed by atoms with Gasteiger partial charge in [0.1, 0.15) is 6.04 Å². The summed E-state index contributed by atoms with van der Waals surface area (Å²) in [5.41, 5.74) is 0.942. The Bertz CT molecular complexity index is 584. The zero-order valence-corrected chi connectivity index (χ0v) is 13.3. The molecule has 0 spiro atoms. The van der Waals surface area contributed by atoms with Gasteiger partial charge in [-0.05, 0) is 31.5 Å². The van der Waals surface area contributed by atoms with Crippen molar-refractivity contribution >= 4 is 48.5 Å². The molecule has 0 saturated heterocycles. The Morgan fingerprint density at radius 2 is 2.32 bits per heavy atom. The lowest BCUT2D eigenvalue weighted by atomic mass is 10.3. The molecule has 1 atom stereocenters. The van der Waals surface area contributed by atoms with E-state index in [0.717, 1.165) is 26.2 Å². The molecule has 1 heterocycles. The fourth-order valence-corrected chi connectivity index (χ4v) is 3.12. The second kappa shape index (κ2) is 6.34. The fourth-order valence-electron chi connectivity index (χ4n) is 1.61. The monoisotopic (exact) mass is 341 g/mol. The molecule has 1 aromatic carbocycles. The number of aromatic nitrogens is 1. The van der Waals surface area contributed by atoms with E-state index in [4.69, 9.17) is 0 Å². The normalized spacial score (nSPS) is 12.4. The third-order valence-corrected chi connectivity index (χ3v) is 4.08. The highest BCUT2D eigenvalue weighted by Gasteiger charge is 2.13. The molecular weight excluding hydrogens is 326 g/mol. The summed E-state index contributed by atoms with van der Waals surface area (Å²) in [6.07, 6.45) is 0.938. The highest BCUT2D eigenvalue weighted by atomic mass is 79.9. The van der Waals surface area contributed by atoms with Crippen molar-refractivity contribution in [1.29, 1.82) is 0 Å². The molecule has 0 saturated carbocycles. The Balaban J connectivity index is 2.06. The molecule has 2 N–H and O–H groups in total. The third kappa shape index (κ3) is 3.67. The zero-order chi connectivity index (χ0) is 13.8. The third-order valence-electron chi connectivity index (χ3n) is 2.63. The minimum atomic E-state index is -0.282. The van der Waals surface area contributed by atoms with Crippen LogP contribution in [0.25, 0.3) is 10.2 Å². The molecule has 1 unspecified atom stereocenters. The van der Waals surface area contributed by atoms with Crippen molar-refractivity contribution in [2.24, 2.45) is 0 Å².